The fraction of sp³-hybridized carbons (Fsp3) is 0.333. The van der Waals surface area contributed by atoms with Crippen LogP contribution in [0.1, 0.15) is 11.5 Å². The van der Waals surface area contributed by atoms with E-state index in [1.165, 1.54) is 0 Å². The van der Waals surface area contributed by atoms with Crippen molar-refractivity contribution in [1.29, 1.82) is 0 Å². The molecule has 2 aromatic heterocycles. The number of rotatable bonds is 2. The summed E-state index contributed by atoms with van der Waals surface area (Å²) < 4.78 is 1.84. The highest BCUT2D eigenvalue weighted by Crippen LogP contribution is 2.04. The number of fused-ring (bicyclic) bond motifs is 1. The summed E-state index contributed by atoms with van der Waals surface area (Å²) in [7, 11) is 0. The van der Waals surface area contributed by atoms with E-state index in [1.807, 2.05) is 29.6 Å². The first-order valence-corrected chi connectivity index (χ1v) is 4.32. The van der Waals surface area contributed by atoms with Crippen LogP contribution in [0.3, 0.4) is 0 Å². The summed E-state index contributed by atoms with van der Waals surface area (Å²) in [5.74, 6) is 0.816. The van der Waals surface area contributed by atoms with Crippen molar-refractivity contribution in [2.75, 3.05) is 6.54 Å². The van der Waals surface area contributed by atoms with Crippen LogP contribution in [0.25, 0.3) is 5.65 Å². The van der Waals surface area contributed by atoms with Crippen molar-refractivity contribution in [2.24, 2.45) is 5.73 Å². The smallest absolute Gasteiger partial charge is 0.155 e. The van der Waals surface area contributed by atoms with Crippen molar-refractivity contribution in [3.8, 4) is 0 Å². The van der Waals surface area contributed by atoms with Gasteiger partial charge in [-0.15, -0.1) is 0 Å². The lowest BCUT2D eigenvalue weighted by Crippen LogP contribution is -2.04. The minimum Gasteiger partial charge on any atom is -0.330 e. The summed E-state index contributed by atoms with van der Waals surface area (Å²) >= 11 is 0. The fourth-order valence-electron chi connectivity index (χ4n) is 1.32. The van der Waals surface area contributed by atoms with Gasteiger partial charge in [-0.2, -0.15) is 5.10 Å². The van der Waals surface area contributed by atoms with E-state index >= 15 is 0 Å². The van der Waals surface area contributed by atoms with Gasteiger partial charge >= 0.3 is 0 Å². The molecule has 2 rings (SSSR count). The summed E-state index contributed by atoms with van der Waals surface area (Å²) in [6.45, 7) is 2.60. The maximum absolute atomic E-state index is 5.43. The van der Waals surface area contributed by atoms with Crippen LogP contribution in [0.2, 0.25) is 0 Å². The molecule has 2 heterocycles. The third kappa shape index (κ3) is 1.40. The van der Waals surface area contributed by atoms with Crippen LogP contribution < -0.4 is 5.73 Å². The molecule has 0 amide bonds. The Hall–Kier alpha value is -1.42. The molecule has 0 radical (unpaired) electrons. The summed E-state index contributed by atoms with van der Waals surface area (Å²) in [5, 5.41) is 4.33. The van der Waals surface area contributed by atoms with E-state index in [0.717, 1.165) is 23.6 Å². The van der Waals surface area contributed by atoms with Gasteiger partial charge in [0.25, 0.3) is 0 Å². The molecule has 0 aliphatic heterocycles. The predicted molar refractivity (Wildman–Crippen MR) is 50.5 cm³/mol. The van der Waals surface area contributed by atoms with E-state index in [2.05, 4.69) is 10.1 Å². The van der Waals surface area contributed by atoms with Crippen LogP contribution in [0.5, 0.6) is 0 Å². The van der Waals surface area contributed by atoms with Crippen LogP contribution in [0.15, 0.2) is 18.2 Å². The monoisotopic (exact) mass is 176 g/mol. The Morgan fingerprint density at radius 3 is 3.00 bits per heavy atom. The molecular formula is C9H12N4. The molecule has 0 aromatic carbocycles. The molecule has 13 heavy (non-hydrogen) atoms. The van der Waals surface area contributed by atoms with E-state index in [4.69, 9.17) is 5.73 Å². The van der Waals surface area contributed by atoms with Gasteiger partial charge in [0.1, 0.15) is 0 Å². The molecule has 0 saturated carbocycles. The molecule has 0 bridgehead atoms. The maximum Gasteiger partial charge on any atom is 0.155 e. The molecule has 68 valence electrons. The quantitative estimate of drug-likeness (QED) is 0.726. The Labute approximate surface area is 76.4 Å². The second-order valence-electron chi connectivity index (χ2n) is 3.00. The van der Waals surface area contributed by atoms with Gasteiger partial charge in [-0.25, -0.2) is 9.50 Å². The van der Waals surface area contributed by atoms with Crippen LogP contribution in [0.4, 0.5) is 0 Å². The van der Waals surface area contributed by atoms with Gasteiger partial charge in [-0.1, -0.05) is 6.07 Å². The van der Waals surface area contributed by atoms with Crippen molar-refractivity contribution >= 4 is 5.65 Å². The first-order chi connectivity index (χ1) is 6.31. The second kappa shape index (κ2) is 3.14. The third-order valence-corrected chi connectivity index (χ3v) is 1.96. The van der Waals surface area contributed by atoms with Gasteiger partial charge in [-0.05, 0) is 25.6 Å². The Bertz CT molecular complexity index is 418. The zero-order valence-corrected chi connectivity index (χ0v) is 7.57. The van der Waals surface area contributed by atoms with Crippen LogP contribution in [-0.4, -0.2) is 21.1 Å². The number of aromatic nitrogens is 3. The lowest BCUT2D eigenvalue weighted by atomic mass is 10.4. The highest BCUT2D eigenvalue weighted by Gasteiger charge is 2.02. The average molecular weight is 176 g/mol. The zero-order valence-electron chi connectivity index (χ0n) is 7.57. The molecule has 4 heteroatoms. The average Bonchev–Trinajstić information content (AvgIpc) is 2.49. The highest BCUT2D eigenvalue weighted by atomic mass is 15.3. The number of nitrogens with zero attached hydrogens (tertiary/aromatic N) is 3. The Balaban J connectivity index is 2.55. The molecule has 0 saturated heterocycles. The fourth-order valence-corrected chi connectivity index (χ4v) is 1.32. The summed E-state index contributed by atoms with van der Waals surface area (Å²) in [6.07, 6.45) is 0.737. The van der Waals surface area contributed by atoms with Crippen molar-refractivity contribution < 1.29 is 0 Å². The Kier molecular flexibility index (Phi) is 1.98. The van der Waals surface area contributed by atoms with E-state index in [1.54, 1.807) is 0 Å². The lowest BCUT2D eigenvalue weighted by molar-refractivity contribution is 0.829. The molecule has 0 fully saturated rings. The summed E-state index contributed by atoms with van der Waals surface area (Å²) in [5.41, 5.74) is 7.41. The van der Waals surface area contributed by atoms with Gasteiger partial charge < -0.3 is 5.73 Å². The second-order valence-corrected chi connectivity index (χ2v) is 3.00. The number of nitrogens with two attached hydrogens (primary N) is 1. The topological polar surface area (TPSA) is 56.2 Å². The molecule has 0 spiro atoms. The van der Waals surface area contributed by atoms with Crippen LogP contribution in [0, 0.1) is 6.92 Å². The first kappa shape index (κ1) is 8.19. The molecule has 0 aliphatic rings. The Morgan fingerprint density at radius 2 is 2.31 bits per heavy atom. The molecule has 4 nitrogen and oxygen atoms in total. The molecule has 0 unspecified atom stereocenters. The minimum atomic E-state index is 0.593. The minimum absolute atomic E-state index is 0.593. The molecular weight excluding hydrogens is 164 g/mol. The van der Waals surface area contributed by atoms with E-state index < -0.39 is 0 Å². The van der Waals surface area contributed by atoms with Crippen LogP contribution in [-0.2, 0) is 6.42 Å². The number of hydrogen-bond acceptors (Lipinski definition) is 3. The SMILES string of the molecule is Cc1cccc2nc(CCN)nn12. The van der Waals surface area contributed by atoms with Gasteiger partial charge in [0.15, 0.2) is 11.5 Å². The Morgan fingerprint density at radius 1 is 1.46 bits per heavy atom. The molecule has 0 atom stereocenters. The first-order valence-electron chi connectivity index (χ1n) is 4.32. The van der Waals surface area contributed by atoms with Gasteiger partial charge in [0.2, 0.25) is 0 Å². The van der Waals surface area contributed by atoms with Crippen molar-refractivity contribution in [1.82, 2.24) is 14.6 Å². The van der Waals surface area contributed by atoms with Crippen molar-refractivity contribution in [3.05, 3.63) is 29.7 Å². The summed E-state index contributed by atoms with van der Waals surface area (Å²) in [4.78, 5) is 4.34. The normalized spacial score (nSPS) is 10.9. The number of pyridine rings is 1. The van der Waals surface area contributed by atoms with Gasteiger partial charge in [0.05, 0.1) is 0 Å². The lowest BCUT2D eigenvalue weighted by Gasteiger charge is -1.93. The molecule has 2 aromatic rings. The van der Waals surface area contributed by atoms with Gasteiger partial charge in [0, 0.05) is 12.1 Å². The standard InChI is InChI=1S/C9H12N4/c1-7-3-2-4-9-11-8(5-6-10)12-13(7)9/h2-4H,5-6,10H2,1H3. The van der Waals surface area contributed by atoms with Crippen molar-refractivity contribution in [3.63, 3.8) is 0 Å². The maximum atomic E-state index is 5.43. The van der Waals surface area contributed by atoms with E-state index in [0.29, 0.717) is 6.54 Å². The van der Waals surface area contributed by atoms with E-state index in [9.17, 15) is 0 Å². The van der Waals surface area contributed by atoms with Crippen molar-refractivity contribution in [2.45, 2.75) is 13.3 Å². The van der Waals surface area contributed by atoms with Gasteiger partial charge in [-0.3, -0.25) is 0 Å². The number of aryl methyl sites for hydroxylation is 1. The largest absolute Gasteiger partial charge is 0.330 e. The van der Waals surface area contributed by atoms with Crippen LogP contribution >= 0.6 is 0 Å². The third-order valence-electron chi connectivity index (χ3n) is 1.96. The zero-order chi connectivity index (χ0) is 9.26. The molecule has 0 aliphatic carbocycles. The number of hydrogen-bond donors (Lipinski definition) is 1. The molecule has 2 N–H and O–H groups in total. The highest BCUT2D eigenvalue weighted by molar-refractivity contribution is 5.38. The predicted octanol–water partition coefficient (Wildman–Crippen LogP) is 0.539. The summed E-state index contributed by atoms with van der Waals surface area (Å²) in [6, 6.07) is 5.93. The van der Waals surface area contributed by atoms with E-state index in [-0.39, 0.29) is 0 Å².